The number of rotatable bonds is 7. The molecular formula is C44H22BF25N2O. The van der Waals surface area contributed by atoms with Crippen LogP contribution in [-0.2, 0) is 56.0 Å². The molecule has 0 saturated heterocycles. The Balaban J connectivity index is 0.000000520. The molecule has 0 fully saturated rings. The molecule has 0 aliphatic heterocycles. The van der Waals surface area contributed by atoms with Crippen molar-refractivity contribution in [1.29, 1.82) is 0 Å². The lowest BCUT2D eigenvalue weighted by atomic mass is 9.12. The molecule has 0 radical (unpaired) electrons. The molecule has 73 heavy (non-hydrogen) atoms. The van der Waals surface area contributed by atoms with Gasteiger partial charge in [0.25, 0.3) is 0 Å². The minimum absolute atomic E-state index is 0.0591. The highest BCUT2D eigenvalue weighted by molar-refractivity contribution is 7.20. The van der Waals surface area contributed by atoms with Gasteiger partial charge in [-0.15, -0.1) is 0 Å². The first-order valence-corrected chi connectivity index (χ1v) is 19.5. The fraction of sp³-hybridized carbons (Fsp3) is 0.205. The Labute approximate surface area is 391 Å². The fourth-order valence-corrected chi connectivity index (χ4v) is 7.42. The van der Waals surface area contributed by atoms with Crippen LogP contribution in [0.3, 0.4) is 0 Å². The van der Waals surface area contributed by atoms with Gasteiger partial charge in [0, 0.05) is 5.56 Å². The second kappa shape index (κ2) is 19.5. The summed E-state index contributed by atoms with van der Waals surface area (Å²) < 4.78 is 355. The Morgan fingerprint density at radius 1 is 0.370 bits per heavy atom. The Hall–Kier alpha value is -6.84. The topological polar surface area (TPSA) is 33.8 Å². The van der Waals surface area contributed by atoms with E-state index in [-0.39, 0.29) is 18.1 Å². The average Bonchev–Trinajstić information content (AvgIpc) is 3.25. The first kappa shape index (κ1) is 57.1. The minimum atomic E-state index is -6.13. The van der Waals surface area contributed by atoms with Crippen LogP contribution in [0, 0.1) is 5.82 Å². The lowest BCUT2D eigenvalue weighted by Gasteiger charge is -2.46. The Kier molecular flexibility index (Phi) is 15.3. The number of ketones is 1. The zero-order chi connectivity index (χ0) is 55.3. The van der Waals surface area contributed by atoms with E-state index < -0.39 is 195 Å². The van der Waals surface area contributed by atoms with E-state index in [2.05, 4.69) is 4.98 Å². The normalized spacial score (nSPS) is 13.4. The number of nitrogens with zero attached hydrogens (tertiary/aromatic N) is 2. The molecule has 0 aliphatic rings. The standard InChI is InChI=1S/C32H12BF24.C12H10FN2O/c34-25(35,36)13-1-14(26(37,38)39)6-21(5-13)33(22-7-15(27(40,41)42)2-16(8-22)28(43,44)45,23-9-17(29(46,47)48)3-18(10-23)30(49,50)51)24-11-19(31(52,53)54)4-20(12-24)32(55,56)57;13-11-3-1-10(2-4-11)12(16)9-15-7-5-14-6-8-15/h1-12H;1-8H,9H2/q-1;+1. The number of carbonyl (C=O) groups is 1. The van der Waals surface area contributed by atoms with E-state index in [0.29, 0.717) is 5.56 Å². The largest absolute Gasteiger partial charge is 0.416 e. The van der Waals surface area contributed by atoms with Gasteiger partial charge in [0.2, 0.25) is 12.3 Å². The smallest absolute Gasteiger partial charge is 0.287 e. The number of hydrogen-bond donors (Lipinski definition) is 0. The zero-order valence-corrected chi connectivity index (χ0v) is 35.1. The molecule has 392 valence electrons. The molecule has 0 spiro atoms. The molecule has 29 heteroatoms. The fourth-order valence-electron chi connectivity index (χ4n) is 7.42. The SMILES string of the molecule is FC(F)(F)c1cc([B-](c2cc(C(F)(F)F)cc(C(F)(F)F)c2)(c2cc(C(F)(F)F)cc(C(F)(F)F)c2)c2cc(C(F)(F)F)cc(C(F)(F)F)c2)cc(C(F)(F)F)c1.O=C(C[n+]1ccncc1)c1ccc(F)cc1. The van der Waals surface area contributed by atoms with Crippen LogP contribution in [0.15, 0.2) is 122 Å². The summed E-state index contributed by atoms with van der Waals surface area (Å²) >= 11 is 0. The maximum absolute atomic E-state index is 14.2. The van der Waals surface area contributed by atoms with Gasteiger partial charge in [0.1, 0.15) is 12.0 Å². The van der Waals surface area contributed by atoms with Gasteiger partial charge in [0.15, 0.2) is 12.4 Å². The Morgan fingerprint density at radius 3 is 0.795 bits per heavy atom. The highest BCUT2D eigenvalue weighted by Gasteiger charge is 2.47. The summed E-state index contributed by atoms with van der Waals surface area (Å²) in [6.45, 7) is 0.230. The molecule has 0 N–H and O–H groups in total. The van der Waals surface area contributed by atoms with E-state index in [1.165, 1.54) is 24.3 Å². The van der Waals surface area contributed by atoms with Crippen LogP contribution in [-0.4, -0.2) is 16.9 Å². The summed E-state index contributed by atoms with van der Waals surface area (Å²) in [7, 11) is 0. The second-order valence-electron chi connectivity index (χ2n) is 15.6. The Morgan fingerprint density at radius 2 is 0.589 bits per heavy atom. The summed E-state index contributed by atoms with van der Waals surface area (Å²) in [5, 5.41) is 0. The maximum Gasteiger partial charge on any atom is 0.416 e. The van der Waals surface area contributed by atoms with E-state index in [1.54, 1.807) is 29.4 Å². The van der Waals surface area contributed by atoms with E-state index in [4.69, 9.17) is 0 Å². The van der Waals surface area contributed by atoms with Gasteiger partial charge in [-0.2, -0.15) is 132 Å². The minimum Gasteiger partial charge on any atom is -0.287 e. The van der Waals surface area contributed by atoms with Crippen molar-refractivity contribution in [2.75, 3.05) is 0 Å². The monoisotopic (exact) mass is 1080 g/mol. The van der Waals surface area contributed by atoms with Crippen LogP contribution < -0.4 is 26.4 Å². The highest BCUT2D eigenvalue weighted by atomic mass is 19.4. The summed E-state index contributed by atoms with van der Waals surface area (Å²) in [6, 6.07) is -3.27. The first-order chi connectivity index (χ1) is 33.0. The average molecular weight is 1080 g/mol. The zero-order valence-electron chi connectivity index (χ0n) is 35.1. The first-order valence-electron chi connectivity index (χ1n) is 19.5. The summed E-state index contributed by atoms with van der Waals surface area (Å²) in [5.74, 6) is -0.399. The van der Waals surface area contributed by atoms with E-state index >= 15 is 0 Å². The quantitative estimate of drug-likeness (QED) is 0.0691. The molecule has 0 unspecified atom stereocenters. The van der Waals surface area contributed by atoms with Crippen molar-refractivity contribution in [3.63, 3.8) is 0 Å². The predicted octanol–water partition coefficient (Wildman–Crippen LogP) is 12.6. The second-order valence-corrected chi connectivity index (χ2v) is 15.6. The number of alkyl halides is 24. The molecule has 1 heterocycles. The van der Waals surface area contributed by atoms with E-state index in [0.717, 1.165) is 0 Å². The molecule has 6 aromatic rings. The predicted molar refractivity (Wildman–Crippen MR) is 205 cm³/mol. The van der Waals surface area contributed by atoms with Crippen molar-refractivity contribution in [3.8, 4) is 0 Å². The molecule has 3 nitrogen and oxygen atoms in total. The van der Waals surface area contributed by atoms with Crippen molar-refractivity contribution >= 4 is 33.8 Å². The highest BCUT2D eigenvalue weighted by Crippen LogP contribution is 2.41. The number of aromatic nitrogens is 2. The number of hydrogen-bond acceptors (Lipinski definition) is 2. The van der Waals surface area contributed by atoms with Gasteiger partial charge in [-0.1, -0.05) is 48.5 Å². The van der Waals surface area contributed by atoms with Gasteiger partial charge in [-0.3, -0.25) is 9.78 Å². The van der Waals surface area contributed by atoms with Crippen molar-refractivity contribution in [2.24, 2.45) is 0 Å². The third-order valence-corrected chi connectivity index (χ3v) is 10.6. The van der Waals surface area contributed by atoms with Gasteiger partial charge < -0.3 is 0 Å². The van der Waals surface area contributed by atoms with Crippen molar-refractivity contribution in [3.05, 3.63) is 178 Å². The third kappa shape index (κ3) is 13.4. The van der Waals surface area contributed by atoms with E-state index in [9.17, 15) is 115 Å². The van der Waals surface area contributed by atoms with Crippen LogP contribution in [0.1, 0.15) is 54.9 Å². The Bertz CT molecular complexity index is 2510. The van der Waals surface area contributed by atoms with E-state index in [1.807, 2.05) is 0 Å². The van der Waals surface area contributed by atoms with Crippen LogP contribution in [0.4, 0.5) is 110 Å². The van der Waals surface area contributed by atoms with Crippen molar-refractivity contribution in [2.45, 2.75) is 56.0 Å². The van der Waals surface area contributed by atoms with Gasteiger partial charge >= 0.3 is 49.4 Å². The number of halogens is 25. The molecule has 1 aromatic heterocycles. The number of Topliss-reactive ketones (excluding diaryl/α,β-unsaturated/α-hetero) is 1. The summed E-state index contributed by atoms with van der Waals surface area (Å²) in [4.78, 5) is 15.6. The van der Waals surface area contributed by atoms with Gasteiger partial charge in [-0.05, 0) is 48.5 Å². The molecule has 0 atom stereocenters. The molecule has 6 rings (SSSR count). The van der Waals surface area contributed by atoms with Crippen LogP contribution in [0.25, 0.3) is 0 Å². The van der Waals surface area contributed by atoms with Gasteiger partial charge in [0.05, 0.1) is 56.9 Å². The molecule has 0 amide bonds. The molecular weight excluding hydrogens is 1060 g/mol. The van der Waals surface area contributed by atoms with Crippen LogP contribution in [0.5, 0.6) is 0 Å². The number of benzene rings is 5. The van der Waals surface area contributed by atoms with Crippen molar-refractivity contribution in [1.82, 2.24) is 4.98 Å². The summed E-state index contributed by atoms with van der Waals surface area (Å²) in [5.41, 5.74) is -29.7. The van der Waals surface area contributed by atoms with Gasteiger partial charge in [-0.25, -0.2) is 4.39 Å². The lowest BCUT2D eigenvalue weighted by molar-refractivity contribution is -0.683. The van der Waals surface area contributed by atoms with Crippen molar-refractivity contribution < 1.29 is 119 Å². The molecule has 0 saturated carbocycles. The van der Waals surface area contributed by atoms with Crippen LogP contribution in [0.2, 0.25) is 0 Å². The molecule has 5 aromatic carbocycles. The summed E-state index contributed by atoms with van der Waals surface area (Å²) in [6.07, 6.45) is -48.2. The third-order valence-electron chi connectivity index (χ3n) is 10.6. The number of carbonyl (C=O) groups excluding carboxylic acids is 1. The maximum atomic E-state index is 14.2. The molecule has 0 bridgehead atoms. The van der Waals surface area contributed by atoms with Crippen LogP contribution >= 0.6 is 0 Å². The molecule has 0 aliphatic carbocycles. The lowest BCUT2D eigenvalue weighted by Crippen LogP contribution is -2.75.